The van der Waals surface area contributed by atoms with Gasteiger partial charge in [-0.25, -0.2) is 8.42 Å². The molecule has 0 aliphatic carbocycles. The van der Waals surface area contributed by atoms with Gasteiger partial charge in [-0.3, -0.25) is 13.9 Å². The Morgan fingerprint density at radius 3 is 2.31 bits per heavy atom. The minimum atomic E-state index is -3.76. The highest BCUT2D eigenvalue weighted by molar-refractivity contribution is 7.92. The van der Waals surface area contributed by atoms with Crippen molar-refractivity contribution in [1.82, 2.24) is 10.2 Å². The van der Waals surface area contributed by atoms with Crippen LogP contribution >= 0.6 is 0 Å². The minimum Gasteiger partial charge on any atom is -0.494 e. The molecule has 0 saturated carbocycles. The highest BCUT2D eigenvalue weighted by atomic mass is 32.2. The van der Waals surface area contributed by atoms with Crippen LogP contribution in [0.25, 0.3) is 0 Å². The molecule has 0 saturated heterocycles. The molecular weight excluding hydrogens is 430 g/mol. The topological polar surface area (TPSA) is 96.0 Å². The van der Waals surface area contributed by atoms with Crippen LogP contribution in [0, 0.1) is 6.92 Å². The molecule has 0 spiro atoms. The maximum Gasteiger partial charge on any atom is 0.244 e. The fourth-order valence-corrected chi connectivity index (χ4v) is 4.14. The molecule has 0 radical (unpaired) electrons. The normalized spacial score (nSPS) is 12.0. The van der Waals surface area contributed by atoms with E-state index in [0.29, 0.717) is 18.0 Å². The fraction of sp³-hybridized carbons (Fsp3) is 0.391. The van der Waals surface area contributed by atoms with Gasteiger partial charge in [0.15, 0.2) is 0 Å². The van der Waals surface area contributed by atoms with Crippen LogP contribution in [0.3, 0.4) is 0 Å². The highest BCUT2D eigenvalue weighted by Crippen LogP contribution is 2.22. The largest absolute Gasteiger partial charge is 0.494 e. The molecule has 0 aliphatic heterocycles. The molecule has 0 fully saturated rings. The molecule has 0 aromatic heterocycles. The number of benzene rings is 2. The van der Waals surface area contributed by atoms with E-state index in [1.54, 1.807) is 31.2 Å². The van der Waals surface area contributed by atoms with Crippen LogP contribution in [0.4, 0.5) is 5.69 Å². The summed E-state index contributed by atoms with van der Waals surface area (Å²) < 4.78 is 31.5. The highest BCUT2D eigenvalue weighted by Gasteiger charge is 2.29. The SMILES string of the molecule is CCOc1ccc(N(CC(=O)N(Cc2cccc(C)c2)[C@@H](C)C(=O)NC)S(C)(=O)=O)cc1. The summed E-state index contributed by atoms with van der Waals surface area (Å²) >= 11 is 0. The number of hydrogen-bond donors (Lipinski definition) is 1. The number of carbonyl (C=O) groups is 2. The number of anilines is 1. The Morgan fingerprint density at radius 1 is 1.12 bits per heavy atom. The van der Waals surface area contributed by atoms with Crippen LogP contribution in [0.5, 0.6) is 5.75 Å². The fourth-order valence-electron chi connectivity index (χ4n) is 3.29. The third-order valence-electron chi connectivity index (χ3n) is 4.96. The third kappa shape index (κ3) is 6.71. The number of amides is 2. The molecule has 2 rings (SSSR count). The molecule has 32 heavy (non-hydrogen) atoms. The van der Waals surface area contributed by atoms with Gasteiger partial charge in [-0.1, -0.05) is 29.8 Å². The Labute approximate surface area is 190 Å². The van der Waals surface area contributed by atoms with Gasteiger partial charge in [0.25, 0.3) is 0 Å². The number of aryl methyl sites for hydroxylation is 1. The zero-order valence-corrected chi connectivity index (χ0v) is 20.0. The maximum absolute atomic E-state index is 13.3. The van der Waals surface area contributed by atoms with E-state index >= 15 is 0 Å². The number of hydrogen-bond acceptors (Lipinski definition) is 5. The van der Waals surface area contributed by atoms with E-state index in [0.717, 1.165) is 21.7 Å². The van der Waals surface area contributed by atoms with Gasteiger partial charge in [0, 0.05) is 13.6 Å². The van der Waals surface area contributed by atoms with Gasteiger partial charge in [0.1, 0.15) is 18.3 Å². The van der Waals surface area contributed by atoms with Crippen LogP contribution < -0.4 is 14.4 Å². The average Bonchev–Trinajstić information content (AvgIpc) is 2.75. The molecule has 2 amide bonds. The van der Waals surface area contributed by atoms with Gasteiger partial charge in [-0.2, -0.15) is 0 Å². The molecule has 1 atom stereocenters. The lowest BCUT2D eigenvalue weighted by atomic mass is 10.1. The Bertz CT molecular complexity index is 1040. The molecule has 0 heterocycles. The van der Waals surface area contributed by atoms with Crippen molar-refractivity contribution in [1.29, 1.82) is 0 Å². The second kappa shape index (κ2) is 11.0. The van der Waals surface area contributed by atoms with E-state index in [4.69, 9.17) is 4.74 Å². The molecular formula is C23H31N3O5S. The number of ether oxygens (including phenoxy) is 1. The Kier molecular flexibility index (Phi) is 8.65. The van der Waals surface area contributed by atoms with Crippen molar-refractivity contribution < 1.29 is 22.7 Å². The number of likely N-dealkylation sites (N-methyl/N-ethyl adjacent to an activating group) is 1. The van der Waals surface area contributed by atoms with Gasteiger partial charge in [0.2, 0.25) is 21.8 Å². The van der Waals surface area contributed by atoms with Crippen molar-refractivity contribution in [2.45, 2.75) is 33.4 Å². The lowest BCUT2D eigenvalue weighted by Crippen LogP contribution is -2.50. The Hall–Kier alpha value is -3.07. The summed E-state index contributed by atoms with van der Waals surface area (Å²) in [7, 11) is -2.26. The summed E-state index contributed by atoms with van der Waals surface area (Å²) in [6, 6.07) is 13.3. The first-order valence-corrected chi connectivity index (χ1v) is 12.2. The zero-order valence-electron chi connectivity index (χ0n) is 19.2. The lowest BCUT2D eigenvalue weighted by Gasteiger charge is -2.31. The van der Waals surface area contributed by atoms with Crippen molar-refractivity contribution in [3.63, 3.8) is 0 Å². The summed E-state index contributed by atoms with van der Waals surface area (Å²) in [4.78, 5) is 27.0. The van der Waals surface area contributed by atoms with Gasteiger partial charge in [0.05, 0.1) is 18.6 Å². The number of nitrogens with zero attached hydrogens (tertiary/aromatic N) is 2. The summed E-state index contributed by atoms with van der Waals surface area (Å²) in [5.74, 6) is -0.217. The Morgan fingerprint density at radius 2 is 1.78 bits per heavy atom. The van der Waals surface area contributed by atoms with Crippen LogP contribution in [0.2, 0.25) is 0 Å². The van der Waals surface area contributed by atoms with Gasteiger partial charge in [-0.15, -0.1) is 0 Å². The Balaban J connectivity index is 2.35. The average molecular weight is 462 g/mol. The minimum absolute atomic E-state index is 0.177. The molecule has 0 bridgehead atoms. The van der Waals surface area contributed by atoms with Crippen molar-refractivity contribution >= 4 is 27.5 Å². The van der Waals surface area contributed by atoms with E-state index in [2.05, 4.69) is 5.32 Å². The molecule has 2 aromatic rings. The van der Waals surface area contributed by atoms with Crippen molar-refractivity contribution in [3.05, 3.63) is 59.7 Å². The van der Waals surface area contributed by atoms with E-state index in [1.807, 2.05) is 38.1 Å². The van der Waals surface area contributed by atoms with Crippen molar-refractivity contribution in [3.8, 4) is 5.75 Å². The molecule has 0 aliphatic rings. The predicted octanol–water partition coefficient (Wildman–Crippen LogP) is 2.32. The summed E-state index contributed by atoms with van der Waals surface area (Å²) in [6.45, 7) is 5.64. The first kappa shape index (κ1) is 25.2. The number of nitrogens with one attached hydrogen (secondary N) is 1. The van der Waals surface area contributed by atoms with Crippen LogP contribution in [0.15, 0.2) is 48.5 Å². The molecule has 9 heteroatoms. The van der Waals surface area contributed by atoms with E-state index < -0.39 is 28.5 Å². The molecule has 1 N–H and O–H groups in total. The van der Waals surface area contributed by atoms with Gasteiger partial charge in [-0.05, 0) is 50.6 Å². The first-order valence-electron chi connectivity index (χ1n) is 10.3. The van der Waals surface area contributed by atoms with E-state index in [9.17, 15) is 18.0 Å². The molecule has 8 nitrogen and oxygen atoms in total. The van der Waals surface area contributed by atoms with Gasteiger partial charge >= 0.3 is 0 Å². The molecule has 0 unspecified atom stereocenters. The maximum atomic E-state index is 13.3. The summed E-state index contributed by atoms with van der Waals surface area (Å²) in [5, 5.41) is 2.55. The number of sulfonamides is 1. The smallest absolute Gasteiger partial charge is 0.244 e. The summed E-state index contributed by atoms with van der Waals surface area (Å²) in [5.41, 5.74) is 2.21. The van der Waals surface area contributed by atoms with Crippen LogP contribution in [0.1, 0.15) is 25.0 Å². The molecule has 174 valence electrons. The first-order chi connectivity index (χ1) is 15.1. The quantitative estimate of drug-likeness (QED) is 0.586. The monoisotopic (exact) mass is 461 g/mol. The van der Waals surface area contributed by atoms with E-state index in [1.165, 1.54) is 11.9 Å². The standard InChI is InChI=1S/C23H31N3O5S/c1-6-31-21-12-10-20(11-13-21)26(32(5,29)30)16-22(27)25(18(3)23(28)24-4)15-19-9-7-8-17(2)14-19/h7-14,18H,6,15-16H2,1-5H3,(H,24,28)/t18-/m0/s1. The second-order valence-electron chi connectivity index (χ2n) is 7.50. The van der Waals surface area contributed by atoms with Crippen molar-refractivity contribution in [2.24, 2.45) is 0 Å². The van der Waals surface area contributed by atoms with Crippen molar-refractivity contribution in [2.75, 3.05) is 30.8 Å². The number of rotatable bonds is 10. The van der Waals surface area contributed by atoms with Crippen LogP contribution in [-0.2, 0) is 26.2 Å². The van der Waals surface area contributed by atoms with E-state index in [-0.39, 0.29) is 12.5 Å². The lowest BCUT2D eigenvalue weighted by molar-refractivity contribution is -0.139. The zero-order chi connectivity index (χ0) is 23.9. The van der Waals surface area contributed by atoms with Gasteiger partial charge < -0.3 is 15.0 Å². The second-order valence-corrected chi connectivity index (χ2v) is 9.40. The third-order valence-corrected chi connectivity index (χ3v) is 6.10. The summed E-state index contributed by atoms with van der Waals surface area (Å²) in [6.07, 6.45) is 1.05. The number of carbonyl (C=O) groups excluding carboxylic acids is 2. The predicted molar refractivity (Wildman–Crippen MR) is 125 cm³/mol. The molecule has 2 aromatic carbocycles. The van der Waals surface area contributed by atoms with Crippen LogP contribution in [-0.4, -0.2) is 57.6 Å².